The molecular formula is C23H35N5OS. The number of nitrogens with zero attached hydrogens (tertiary/aromatic N) is 4. The van der Waals surface area contributed by atoms with Crippen LogP contribution in [-0.4, -0.2) is 51.5 Å². The maximum Gasteiger partial charge on any atom is 0.230 e. The predicted octanol–water partition coefficient (Wildman–Crippen LogP) is 4.13. The summed E-state index contributed by atoms with van der Waals surface area (Å²) in [5.41, 5.74) is 1.20. The first-order valence-corrected chi connectivity index (χ1v) is 12.0. The highest BCUT2D eigenvalue weighted by Gasteiger charge is 2.24. The average Bonchev–Trinajstić information content (AvgIpc) is 3.11. The molecule has 0 radical (unpaired) electrons. The number of aromatic nitrogens is 3. The number of thioether (sulfide) groups is 1. The molecule has 0 spiro atoms. The Balaban J connectivity index is 1.70. The van der Waals surface area contributed by atoms with Gasteiger partial charge in [0.25, 0.3) is 0 Å². The number of benzene rings is 1. The Morgan fingerprint density at radius 1 is 1.20 bits per heavy atom. The van der Waals surface area contributed by atoms with Crippen LogP contribution in [0.1, 0.15) is 63.4 Å². The number of rotatable bonds is 9. The van der Waals surface area contributed by atoms with E-state index in [0.29, 0.717) is 18.3 Å². The fourth-order valence-corrected chi connectivity index (χ4v) is 4.91. The molecule has 164 valence electrons. The van der Waals surface area contributed by atoms with E-state index in [1.165, 1.54) is 30.2 Å². The van der Waals surface area contributed by atoms with Crippen LogP contribution in [0.4, 0.5) is 0 Å². The van der Waals surface area contributed by atoms with E-state index in [0.717, 1.165) is 36.2 Å². The molecule has 1 N–H and O–H groups in total. The zero-order chi connectivity index (χ0) is 21.5. The summed E-state index contributed by atoms with van der Waals surface area (Å²) in [4.78, 5) is 14.7. The van der Waals surface area contributed by atoms with Gasteiger partial charge in [-0.05, 0) is 57.7 Å². The Labute approximate surface area is 184 Å². The second kappa shape index (κ2) is 11.0. The van der Waals surface area contributed by atoms with Gasteiger partial charge >= 0.3 is 0 Å². The number of hydrogen-bond acceptors (Lipinski definition) is 5. The molecular weight excluding hydrogens is 394 g/mol. The Morgan fingerprint density at radius 2 is 1.90 bits per heavy atom. The van der Waals surface area contributed by atoms with E-state index in [2.05, 4.69) is 65.1 Å². The first-order valence-electron chi connectivity index (χ1n) is 11.0. The minimum atomic E-state index is 0.0926. The summed E-state index contributed by atoms with van der Waals surface area (Å²) in [5.74, 6) is 2.20. The van der Waals surface area contributed by atoms with E-state index in [1.54, 1.807) is 0 Å². The van der Waals surface area contributed by atoms with Crippen LogP contribution < -0.4 is 5.32 Å². The molecule has 6 nitrogen and oxygen atoms in total. The highest BCUT2D eigenvalue weighted by Crippen LogP contribution is 2.27. The van der Waals surface area contributed by atoms with E-state index in [4.69, 9.17) is 0 Å². The molecule has 0 unspecified atom stereocenters. The lowest BCUT2D eigenvalue weighted by molar-refractivity contribution is -0.119. The first kappa shape index (κ1) is 22.8. The molecule has 0 bridgehead atoms. The quantitative estimate of drug-likeness (QED) is 0.608. The second-order valence-corrected chi connectivity index (χ2v) is 9.56. The number of nitrogens with one attached hydrogen (secondary N) is 1. The fourth-order valence-electron chi connectivity index (χ4n) is 4.15. The van der Waals surface area contributed by atoms with Crippen molar-refractivity contribution in [3.05, 3.63) is 41.7 Å². The van der Waals surface area contributed by atoms with Gasteiger partial charge in [-0.25, -0.2) is 0 Å². The van der Waals surface area contributed by atoms with E-state index < -0.39 is 0 Å². The summed E-state index contributed by atoms with van der Waals surface area (Å²) in [7, 11) is 4.14. The number of carbonyl (C=O) groups is 1. The lowest BCUT2D eigenvalue weighted by Gasteiger charge is -2.26. The van der Waals surface area contributed by atoms with E-state index in [9.17, 15) is 4.79 Å². The van der Waals surface area contributed by atoms with Crippen LogP contribution in [0.2, 0.25) is 0 Å². The van der Waals surface area contributed by atoms with Gasteiger partial charge in [-0.1, -0.05) is 55.9 Å². The van der Waals surface area contributed by atoms with Crippen molar-refractivity contribution < 1.29 is 4.79 Å². The van der Waals surface area contributed by atoms with Gasteiger partial charge in [-0.3, -0.25) is 9.69 Å². The van der Waals surface area contributed by atoms with E-state index in [-0.39, 0.29) is 11.9 Å². The van der Waals surface area contributed by atoms with Crippen LogP contribution >= 0.6 is 11.8 Å². The van der Waals surface area contributed by atoms with E-state index >= 15 is 0 Å². The first-order chi connectivity index (χ1) is 14.5. The van der Waals surface area contributed by atoms with Crippen molar-refractivity contribution in [1.29, 1.82) is 0 Å². The second-order valence-electron chi connectivity index (χ2n) is 8.61. The Hall–Kier alpha value is -1.86. The van der Waals surface area contributed by atoms with E-state index in [1.807, 2.05) is 18.2 Å². The highest BCUT2D eigenvalue weighted by atomic mass is 32.2. The SMILES string of the molecule is CC[C@H](c1nnc(SCC(=O)NC2CCC(C)CC2)n1Cc1ccccc1)N(C)C. The van der Waals surface area contributed by atoms with Crippen molar-refractivity contribution >= 4 is 17.7 Å². The zero-order valence-corrected chi connectivity index (χ0v) is 19.5. The summed E-state index contributed by atoms with van der Waals surface area (Å²) in [5, 5.41) is 13.0. The molecule has 1 heterocycles. The molecule has 1 saturated carbocycles. The minimum absolute atomic E-state index is 0.0926. The molecule has 1 aliphatic rings. The van der Waals surface area contributed by atoms with Crippen molar-refractivity contribution in [2.75, 3.05) is 19.8 Å². The van der Waals surface area contributed by atoms with Gasteiger partial charge < -0.3 is 9.88 Å². The molecule has 1 fully saturated rings. The van der Waals surface area contributed by atoms with Crippen LogP contribution in [0.15, 0.2) is 35.5 Å². The van der Waals surface area contributed by atoms with Gasteiger partial charge in [0.2, 0.25) is 5.91 Å². The third kappa shape index (κ3) is 6.08. The average molecular weight is 430 g/mol. The lowest BCUT2D eigenvalue weighted by atomic mass is 9.87. The van der Waals surface area contributed by atoms with Crippen LogP contribution in [0.25, 0.3) is 0 Å². The van der Waals surface area contributed by atoms with Crippen molar-refractivity contribution in [3.8, 4) is 0 Å². The molecule has 7 heteroatoms. The van der Waals surface area contributed by atoms with Crippen molar-refractivity contribution in [2.45, 2.75) is 69.7 Å². The normalized spacial score (nSPS) is 20.3. The van der Waals surface area contributed by atoms with Gasteiger partial charge in [-0.15, -0.1) is 10.2 Å². The van der Waals surface area contributed by atoms with Crippen LogP contribution in [0, 0.1) is 5.92 Å². The topological polar surface area (TPSA) is 63.1 Å². The van der Waals surface area contributed by atoms with Gasteiger partial charge in [-0.2, -0.15) is 0 Å². The molecule has 1 aliphatic carbocycles. The van der Waals surface area contributed by atoms with Gasteiger partial charge in [0.15, 0.2) is 11.0 Å². The maximum absolute atomic E-state index is 12.5. The van der Waals surface area contributed by atoms with Crippen molar-refractivity contribution in [3.63, 3.8) is 0 Å². The van der Waals surface area contributed by atoms with Crippen molar-refractivity contribution in [2.24, 2.45) is 5.92 Å². The Bertz CT molecular complexity index is 799. The predicted molar refractivity (Wildman–Crippen MR) is 123 cm³/mol. The summed E-state index contributed by atoms with van der Waals surface area (Å²) in [6.45, 7) is 5.16. The monoisotopic (exact) mass is 429 g/mol. The molecule has 1 aromatic carbocycles. The molecule has 0 aliphatic heterocycles. The molecule has 1 atom stereocenters. The third-order valence-corrected chi connectivity index (χ3v) is 6.92. The molecule has 1 amide bonds. The van der Waals surface area contributed by atoms with Gasteiger partial charge in [0, 0.05) is 6.04 Å². The molecule has 1 aromatic heterocycles. The van der Waals surface area contributed by atoms with Crippen molar-refractivity contribution in [1.82, 2.24) is 25.0 Å². The number of amides is 1. The third-order valence-electron chi connectivity index (χ3n) is 5.95. The van der Waals surface area contributed by atoms with Gasteiger partial charge in [0.05, 0.1) is 18.3 Å². The summed E-state index contributed by atoms with van der Waals surface area (Å²) >= 11 is 1.48. The Morgan fingerprint density at radius 3 is 2.53 bits per heavy atom. The molecule has 0 saturated heterocycles. The highest BCUT2D eigenvalue weighted by molar-refractivity contribution is 7.99. The molecule has 30 heavy (non-hydrogen) atoms. The number of hydrogen-bond donors (Lipinski definition) is 1. The molecule has 2 aromatic rings. The summed E-state index contributed by atoms with van der Waals surface area (Å²) in [6, 6.07) is 10.9. The Kier molecular flexibility index (Phi) is 8.33. The van der Waals surface area contributed by atoms with Crippen LogP contribution in [-0.2, 0) is 11.3 Å². The molecule has 3 rings (SSSR count). The standard InChI is InChI=1S/C23H35N5OS/c1-5-20(27(3)4)22-25-26-23(28(22)15-18-9-7-6-8-10-18)30-16-21(29)24-19-13-11-17(2)12-14-19/h6-10,17,19-20H,5,11-16H2,1-4H3,(H,24,29)/t17?,19?,20-/m1/s1. The number of carbonyl (C=O) groups excluding carboxylic acids is 1. The summed E-state index contributed by atoms with van der Waals surface area (Å²) < 4.78 is 2.17. The largest absolute Gasteiger partial charge is 0.353 e. The summed E-state index contributed by atoms with van der Waals surface area (Å²) in [6.07, 6.45) is 5.54. The maximum atomic E-state index is 12.5. The fraction of sp³-hybridized carbons (Fsp3) is 0.609. The smallest absolute Gasteiger partial charge is 0.230 e. The van der Waals surface area contributed by atoms with Crippen LogP contribution in [0.3, 0.4) is 0 Å². The van der Waals surface area contributed by atoms with Gasteiger partial charge in [0.1, 0.15) is 0 Å². The minimum Gasteiger partial charge on any atom is -0.353 e. The zero-order valence-electron chi connectivity index (χ0n) is 18.7. The van der Waals surface area contributed by atoms with Crippen LogP contribution in [0.5, 0.6) is 0 Å². The lowest BCUT2D eigenvalue weighted by Crippen LogP contribution is -2.38.